The number of benzene rings is 1. The Kier molecular flexibility index (Phi) is 4.26. The summed E-state index contributed by atoms with van der Waals surface area (Å²) in [5.41, 5.74) is -0.318. The summed E-state index contributed by atoms with van der Waals surface area (Å²) in [5.74, 6) is -1.95. The molecule has 2 rings (SSSR count). The van der Waals surface area contributed by atoms with Gasteiger partial charge in [0.2, 0.25) is 11.8 Å². The van der Waals surface area contributed by atoms with E-state index in [2.05, 4.69) is 5.32 Å². The second kappa shape index (κ2) is 5.95. The highest BCUT2D eigenvalue weighted by Crippen LogP contribution is 2.45. The number of carbonyl (C=O) groups is 3. The first-order valence-corrected chi connectivity index (χ1v) is 6.75. The zero-order valence-corrected chi connectivity index (χ0v) is 11.8. The number of hydrogen-bond donors (Lipinski definition) is 2. The predicted octanol–water partition coefficient (Wildman–Crippen LogP) is 0.626. The quantitative estimate of drug-likeness (QED) is 0.752. The van der Waals surface area contributed by atoms with Gasteiger partial charge in [0.1, 0.15) is 5.41 Å². The van der Waals surface area contributed by atoms with Gasteiger partial charge in [-0.15, -0.1) is 0 Å². The van der Waals surface area contributed by atoms with E-state index < -0.39 is 17.3 Å². The van der Waals surface area contributed by atoms with Crippen molar-refractivity contribution in [2.45, 2.75) is 19.4 Å². The Morgan fingerprint density at radius 2 is 1.86 bits per heavy atom. The molecule has 0 unspecified atom stereocenters. The van der Waals surface area contributed by atoms with Crippen molar-refractivity contribution in [1.82, 2.24) is 10.2 Å². The van der Waals surface area contributed by atoms with Crippen molar-refractivity contribution in [1.29, 1.82) is 0 Å². The van der Waals surface area contributed by atoms with Gasteiger partial charge in [-0.1, -0.05) is 30.3 Å². The van der Waals surface area contributed by atoms with Gasteiger partial charge in [0.25, 0.3) is 0 Å². The maximum absolute atomic E-state index is 11.9. The van der Waals surface area contributed by atoms with Gasteiger partial charge in [0.05, 0.1) is 6.54 Å². The van der Waals surface area contributed by atoms with Gasteiger partial charge in [-0.25, -0.2) is 0 Å². The van der Waals surface area contributed by atoms with Crippen LogP contribution in [-0.2, 0) is 20.9 Å². The van der Waals surface area contributed by atoms with Crippen LogP contribution in [0, 0.1) is 5.41 Å². The molecule has 112 valence electrons. The fourth-order valence-corrected chi connectivity index (χ4v) is 2.07. The van der Waals surface area contributed by atoms with Gasteiger partial charge in [-0.3, -0.25) is 14.4 Å². The summed E-state index contributed by atoms with van der Waals surface area (Å²) in [6.07, 6.45) is 0.671. The summed E-state index contributed by atoms with van der Waals surface area (Å²) in [6, 6.07) is 9.49. The number of carbonyl (C=O) groups excluding carboxylic acids is 2. The van der Waals surface area contributed by atoms with E-state index in [1.807, 2.05) is 30.3 Å². The molecule has 0 radical (unpaired) electrons. The highest BCUT2D eigenvalue weighted by atomic mass is 16.4. The molecule has 2 amide bonds. The number of amides is 2. The molecule has 1 aliphatic rings. The van der Waals surface area contributed by atoms with Crippen molar-refractivity contribution in [2.75, 3.05) is 13.6 Å². The lowest BCUT2D eigenvalue weighted by molar-refractivity contribution is -0.149. The second-order valence-corrected chi connectivity index (χ2v) is 5.31. The molecule has 0 aliphatic heterocycles. The monoisotopic (exact) mass is 290 g/mol. The SMILES string of the molecule is CN(Cc1ccccc1)C(=O)CNC(=O)C1(C(=O)O)CC1. The molecular formula is C15H18N2O4. The largest absolute Gasteiger partial charge is 0.480 e. The molecular weight excluding hydrogens is 272 g/mol. The van der Waals surface area contributed by atoms with Crippen LogP contribution in [-0.4, -0.2) is 41.4 Å². The highest BCUT2D eigenvalue weighted by molar-refractivity contribution is 6.05. The average Bonchev–Trinajstić information content (AvgIpc) is 3.27. The Morgan fingerprint density at radius 3 is 2.38 bits per heavy atom. The molecule has 1 fully saturated rings. The number of hydrogen-bond acceptors (Lipinski definition) is 3. The van der Waals surface area contributed by atoms with E-state index in [-0.39, 0.29) is 12.5 Å². The van der Waals surface area contributed by atoms with E-state index in [9.17, 15) is 14.4 Å². The van der Waals surface area contributed by atoms with Crippen molar-refractivity contribution >= 4 is 17.8 Å². The van der Waals surface area contributed by atoms with Gasteiger partial charge in [-0.05, 0) is 18.4 Å². The third kappa shape index (κ3) is 3.39. The summed E-state index contributed by atoms with van der Waals surface area (Å²) in [4.78, 5) is 36.2. The molecule has 0 heterocycles. The number of nitrogens with zero attached hydrogens (tertiary/aromatic N) is 1. The van der Waals surface area contributed by atoms with E-state index in [0.29, 0.717) is 19.4 Å². The van der Waals surface area contributed by atoms with Gasteiger partial charge in [0, 0.05) is 13.6 Å². The van der Waals surface area contributed by atoms with Crippen LogP contribution < -0.4 is 5.32 Å². The molecule has 0 atom stereocenters. The molecule has 1 aromatic carbocycles. The fraction of sp³-hybridized carbons (Fsp3) is 0.400. The Balaban J connectivity index is 1.82. The first kappa shape index (κ1) is 15.0. The predicted molar refractivity (Wildman–Crippen MR) is 75.2 cm³/mol. The molecule has 0 saturated heterocycles. The van der Waals surface area contributed by atoms with E-state index in [4.69, 9.17) is 5.11 Å². The standard InChI is InChI=1S/C15H18N2O4/c1-17(10-11-5-3-2-4-6-11)12(18)9-16-13(19)15(7-8-15)14(20)21/h2-6H,7-10H2,1H3,(H,16,19)(H,20,21). The molecule has 1 aromatic rings. The van der Waals surface area contributed by atoms with Crippen LogP contribution in [0.3, 0.4) is 0 Å². The summed E-state index contributed by atoms with van der Waals surface area (Å²) < 4.78 is 0. The maximum atomic E-state index is 11.9. The van der Waals surface area contributed by atoms with E-state index in [1.54, 1.807) is 7.05 Å². The Labute approximate surface area is 122 Å². The summed E-state index contributed by atoms with van der Waals surface area (Å²) in [5, 5.41) is 11.4. The van der Waals surface area contributed by atoms with E-state index in [1.165, 1.54) is 4.90 Å². The van der Waals surface area contributed by atoms with Gasteiger partial charge < -0.3 is 15.3 Å². The third-order valence-corrected chi connectivity index (χ3v) is 3.68. The smallest absolute Gasteiger partial charge is 0.319 e. The zero-order valence-electron chi connectivity index (χ0n) is 11.8. The van der Waals surface area contributed by atoms with E-state index >= 15 is 0 Å². The number of rotatable bonds is 6. The van der Waals surface area contributed by atoms with Gasteiger partial charge >= 0.3 is 5.97 Å². The lowest BCUT2D eigenvalue weighted by Crippen LogP contribution is -2.43. The van der Waals surface area contributed by atoms with Gasteiger partial charge in [-0.2, -0.15) is 0 Å². The molecule has 6 heteroatoms. The number of carboxylic acid groups (broad SMARTS) is 1. The minimum atomic E-state index is -1.31. The Bertz CT molecular complexity index is 552. The van der Waals surface area contributed by atoms with Crippen molar-refractivity contribution in [3.05, 3.63) is 35.9 Å². The Hall–Kier alpha value is -2.37. The third-order valence-electron chi connectivity index (χ3n) is 3.68. The minimum Gasteiger partial charge on any atom is -0.480 e. The minimum absolute atomic E-state index is 0.183. The van der Waals surface area contributed by atoms with E-state index in [0.717, 1.165) is 5.56 Å². The lowest BCUT2D eigenvalue weighted by Gasteiger charge is -2.18. The summed E-state index contributed by atoms with van der Waals surface area (Å²) in [7, 11) is 1.64. The summed E-state index contributed by atoms with van der Waals surface area (Å²) >= 11 is 0. The van der Waals surface area contributed by atoms with Crippen LogP contribution in [0.4, 0.5) is 0 Å². The molecule has 1 aliphatic carbocycles. The average molecular weight is 290 g/mol. The van der Waals surface area contributed by atoms with Crippen molar-refractivity contribution < 1.29 is 19.5 Å². The van der Waals surface area contributed by atoms with Crippen LogP contribution in [0.1, 0.15) is 18.4 Å². The first-order chi connectivity index (χ1) is 9.95. The molecule has 0 aromatic heterocycles. The van der Waals surface area contributed by atoms with Crippen LogP contribution in [0.2, 0.25) is 0 Å². The lowest BCUT2D eigenvalue weighted by atomic mass is 10.1. The van der Waals surface area contributed by atoms with Crippen LogP contribution in [0.25, 0.3) is 0 Å². The molecule has 0 bridgehead atoms. The van der Waals surface area contributed by atoms with Crippen LogP contribution in [0.5, 0.6) is 0 Å². The molecule has 0 spiro atoms. The van der Waals surface area contributed by atoms with Crippen molar-refractivity contribution in [2.24, 2.45) is 5.41 Å². The Morgan fingerprint density at radius 1 is 1.24 bits per heavy atom. The molecule has 21 heavy (non-hydrogen) atoms. The highest BCUT2D eigenvalue weighted by Gasteiger charge is 2.57. The first-order valence-electron chi connectivity index (χ1n) is 6.75. The number of aliphatic carboxylic acids is 1. The van der Waals surface area contributed by atoms with Gasteiger partial charge in [0.15, 0.2) is 0 Å². The molecule has 6 nitrogen and oxygen atoms in total. The van der Waals surface area contributed by atoms with Crippen LogP contribution in [0.15, 0.2) is 30.3 Å². The maximum Gasteiger partial charge on any atom is 0.319 e. The number of nitrogens with one attached hydrogen (secondary N) is 1. The number of carboxylic acids is 1. The second-order valence-electron chi connectivity index (χ2n) is 5.31. The fourth-order valence-electron chi connectivity index (χ4n) is 2.07. The topological polar surface area (TPSA) is 86.7 Å². The molecule has 1 saturated carbocycles. The van der Waals surface area contributed by atoms with Crippen molar-refractivity contribution in [3.8, 4) is 0 Å². The number of likely N-dealkylation sites (N-methyl/N-ethyl adjacent to an activating group) is 1. The van der Waals surface area contributed by atoms with Crippen LogP contribution >= 0.6 is 0 Å². The molecule has 2 N–H and O–H groups in total. The zero-order chi connectivity index (χ0) is 15.5. The normalized spacial score (nSPS) is 15.1. The summed E-state index contributed by atoms with van der Waals surface area (Å²) in [6.45, 7) is 0.261. The van der Waals surface area contributed by atoms with Crippen molar-refractivity contribution in [3.63, 3.8) is 0 Å².